The van der Waals surface area contributed by atoms with Crippen molar-refractivity contribution in [2.24, 2.45) is 0 Å². The van der Waals surface area contributed by atoms with E-state index in [-0.39, 0.29) is 0 Å². The molecule has 0 aliphatic heterocycles. The normalized spacial score (nSPS) is 9.79. The molecule has 0 aliphatic carbocycles. The Labute approximate surface area is 93.7 Å². The standard InChI is InChI=1S/C10H13NOS2/c1-14-10(13)11-7-6-8-2-4-9(12)5-3-8/h2-5,12H,6-7H2,1H3,(H,11,13). The number of phenols is 1. The van der Waals surface area contributed by atoms with E-state index in [1.54, 1.807) is 23.9 Å². The van der Waals surface area contributed by atoms with Gasteiger partial charge in [-0.1, -0.05) is 24.4 Å². The molecule has 0 heterocycles. The zero-order chi connectivity index (χ0) is 10.4. The van der Waals surface area contributed by atoms with E-state index in [0.717, 1.165) is 17.3 Å². The second kappa shape index (κ2) is 5.88. The number of thioether (sulfide) groups is 1. The van der Waals surface area contributed by atoms with Gasteiger partial charge >= 0.3 is 0 Å². The van der Waals surface area contributed by atoms with Gasteiger partial charge in [0.1, 0.15) is 10.1 Å². The lowest BCUT2D eigenvalue weighted by atomic mass is 10.1. The van der Waals surface area contributed by atoms with Crippen LogP contribution in [0.15, 0.2) is 24.3 Å². The first kappa shape index (κ1) is 11.3. The van der Waals surface area contributed by atoms with Crippen LogP contribution in [0.5, 0.6) is 5.75 Å². The fourth-order valence-corrected chi connectivity index (χ4v) is 1.39. The van der Waals surface area contributed by atoms with Crippen LogP contribution in [0, 0.1) is 0 Å². The lowest BCUT2D eigenvalue weighted by Gasteiger charge is -2.05. The van der Waals surface area contributed by atoms with Crippen LogP contribution < -0.4 is 5.32 Å². The first-order valence-electron chi connectivity index (χ1n) is 4.32. The van der Waals surface area contributed by atoms with E-state index in [2.05, 4.69) is 5.32 Å². The molecule has 1 aromatic rings. The molecule has 0 unspecified atom stereocenters. The molecule has 14 heavy (non-hydrogen) atoms. The van der Waals surface area contributed by atoms with Crippen LogP contribution in [-0.4, -0.2) is 22.2 Å². The summed E-state index contributed by atoms with van der Waals surface area (Å²) in [5.41, 5.74) is 1.19. The molecule has 0 radical (unpaired) electrons. The minimum Gasteiger partial charge on any atom is -0.508 e. The van der Waals surface area contributed by atoms with E-state index in [1.807, 2.05) is 18.4 Å². The van der Waals surface area contributed by atoms with Crippen molar-refractivity contribution in [2.45, 2.75) is 6.42 Å². The highest BCUT2D eigenvalue weighted by molar-refractivity contribution is 8.22. The fraction of sp³-hybridized carbons (Fsp3) is 0.300. The zero-order valence-corrected chi connectivity index (χ0v) is 9.62. The molecule has 0 amide bonds. The van der Waals surface area contributed by atoms with Gasteiger partial charge in [-0.15, -0.1) is 11.8 Å². The third-order valence-corrected chi connectivity index (χ3v) is 2.96. The minimum absolute atomic E-state index is 0.307. The molecule has 0 fully saturated rings. The maximum absolute atomic E-state index is 9.07. The number of hydrogen-bond acceptors (Lipinski definition) is 3. The Kier molecular flexibility index (Phi) is 4.76. The van der Waals surface area contributed by atoms with Crippen molar-refractivity contribution in [1.29, 1.82) is 0 Å². The van der Waals surface area contributed by atoms with Crippen LogP contribution in [0.1, 0.15) is 5.56 Å². The summed E-state index contributed by atoms with van der Waals surface area (Å²) >= 11 is 6.55. The Morgan fingerprint density at radius 3 is 2.64 bits per heavy atom. The average molecular weight is 227 g/mol. The number of benzene rings is 1. The van der Waals surface area contributed by atoms with E-state index in [9.17, 15) is 0 Å². The Bertz CT molecular complexity index is 297. The summed E-state index contributed by atoms with van der Waals surface area (Å²) in [6.45, 7) is 0.838. The van der Waals surface area contributed by atoms with Gasteiger partial charge in [-0.05, 0) is 30.4 Å². The van der Waals surface area contributed by atoms with Gasteiger partial charge in [-0.2, -0.15) is 0 Å². The topological polar surface area (TPSA) is 32.3 Å². The summed E-state index contributed by atoms with van der Waals surface area (Å²) in [4.78, 5) is 0. The lowest BCUT2D eigenvalue weighted by Crippen LogP contribution is -2.20. The van der Waals surface area contributed by atoms with Crippen molar-refractivity contribution in [3.8, 4) is 5.75 Å². The largest absolute Gasteiger partial charge is 0.508 e. The number of nitrogens with one attached hydrogen (secondary N) is 1. The van der Waals surface area contributed by atoms with Crippen molar-refractivity contribution < 1.29 is 5.11 Å². The predicted octanol–water partition coefficient (Wildman–Crippen LogP) is 2.17. The van der Waals surface area contributed by atoms with Gasteiger partial charge in [0.05, 0.1) is 0 Å². The first-order chi connectivity index (χ1) is 6.72. The molecule has 76 valence electrons. The highest BCUT2D eigenvalue weighted by Crippen LogP contribution is 2.09. The molecule has 2 nitrogen and oxygen atoms in total. The molecular weight excluding hydrogens is 214 g/mol. The number of phenolic OH excluding ortho intramolecular Hbond substituents is 1. The summed E-state index contributed by atoms with van der Waals surface area (Å²) < 4.78 is 0.823. The first-order valence-corrected chi connectivity index (χ1v) is 5.95. The summed E-state index contributed by atoms with van der Waals surface area (Å²) in [6.07, 6.45) is 2.87. The smallest absolute Gasteiger partial charge is 0.133 e. The van der Waals surface area contributed by atoms with E-state index in [4.69, 9.17) is 17.3 Å². The van der Waals surface area contributed by atoms with Gasteiger partial charge in [-0.25, -0.2) is 0 Å². The maximum Gasteiger partial charge on any atom is 0.133 e. The van der Waals surface area contributed by atoms with Crippen molar-refractivity contribution in [2.75, 3.05) is 12.8 Å². The van der Waals surface area contributed by atoms with Crippen LogP contribution >= 0.6 is 24.0 Å². The highest BCUT2D eigenvalue weighted by atomic mass is 32.2. The molecule has 0 aliphatic rings. The molecule has 2 N–H and O–H groups in total. The van der Waals surface area contributed by atoms with Gasteiger partial charge in [0, 0.05) is 6.54 Å². The van der Waals surface area contributed by atoms with Gasteiger partial charge < -0.3 is 10.4 Å². The highest BCUT2D eigenvalue weighted by Gasteiger charge is 1.95. The molecule has 0 atom stereocenters. The van der Waals surface area contributed by atoms with Crippen molar-refractivity contribution in [1.82, 2.24) is 5.32 Å². The molecule has 0 saturated carbocycles. The van der Waals surface area contributed by atoms with Crippen LogP contribution in [-0.2, 0) is 6.42 Å². The average Bonchev–Trinajstić information content (AvgIpc) is 2.21. The summed E-state index contributed by atoms with van der Waals surface area (Å²) in [5, 5.41) is 12.2. The zero-order valence-electron chi connectivity index (χ0n) is 7.99. The fourth-order valence-electron chi connectivity index (χ4n) is 1.04. The maximum atomic E-state index is 9.07. The monoisotopic (exact) mass is 227 g/mol. The van der Waals surface area contributed by atoms with Crippen molar-refractivity contribution in [3.63, 3.8) is 0 Å². The minimum atomic E-state index is 0.307. The summed E-state index contributed by atoms with van der Waals surface area (Å²) in [5.74, 6) is 0.307. The Hall–Kier alpha value is -0.740. The molecule has 0 saturated heterocycles. The van der Waals surface area contributed by atoms with E-state index in [0.29, 0.717) is 5.75 Å². The lowest BCUT2D eigenvalue weighted by molar-refractivity contribution is 0.475. The van der Waals surface area contributed by atoms with Gasteiger partial charge in [-0.3, -0.25) is 0 Å². The summed E-state index contributed by atoms with van der Waals surface area (Å²) in [6, 6.07) is 7.22. The van der Waals surface area contributed by atoms with E-state index in [1.165, 1.54) is 5.56 Å². The second-order valence-electron chi connectivity index (χ2n) is 2.83. The van der Waals surface area contributed by atoms with Crippen LogP contribution in [0.2, 0.25) is 0 Å². The second-order valence-corrected chi connectivity index (χ2v) is 4.32. The Balaban J connectivity index is 2.31. The molecule has 1 aromatic carbocycles. The van der Waals surface area contributed by atoms with Crippen molar-refractivity contribution >= 4 is 28.3 Å². The third-order valence-electron chi connectivity index (χ3n) is 1.80. The quantitative estimate of drug-likeness (QED) is 0.775. The molecule has 4 heteroatoms. The van der Waals surface area contributed by atoms with Gasteiger partial charge in [0.15, 0.2) is 0 Å². The molecular formula is C10H13NOS2. The SMILES string of the molecule is CSC(=S)NCCc1ccc(O)cc1. The van der Waals surface area contributed by atoms with Gasteiger partial charge in [0.2, 0.25) is 0 Å². The molecule has 0 bridgehead atoms. The summed E-state index contributed by atoms with van der Waals surface area (Å²) in [7, 11) is 0. The predicted molar refractivity (Wildman–Crippen MR) is 65.9 cm³/mol. The van der Waals surface area contributed by atoms with E-state index < -0.39 is 0 Å². The van der Waals surface area contributed by atoms with Crippen LogP contribution in [0.25, 0.3) is 0 Å². The Morgan fingerprint density at radius 2 is 2.07 bits per heavy atom. The Morgan fingerprint density at radius 1 is 1.43 bits per heavy atom. The third kappa shape index (κ3) is 3.98. The van der Waals surface area contributed by atoms with E-state index >= 15 is 0 Å². The number of hydrogen-bond donors (Lipinski definition) is 2. The van der Waals surface area contributed by atoms with Gasteiger partial charge in [0.25, 0.3) is 0 Å². The van der Waals surface area contributed by atoms with Crippen molar-refractivity contribution in [3.05, 3.63) is 29.8 Å². The van der Waals surface area contributed by atoms with Crippen LogP contribution in [0.3, 0.4) is 0 Å². The number of aromatic hydroxyl groups is 1. The molecule has 0 spiro atoms. The molecule has 0 aromatic heterocycles. The number of thiocarbonyl (C=S) groups is 1. The molecule has 1 rings (SSSR count). The number of rotatable bonds is 3. The van der Waals surface area contributed by atoms with Crippen LogP contribution in [0.4, 0.5) is 0 Å².